The van der Waals surface area contributed by atoms with Crippen LogP contribution in [0.5, 0.6) is 5.75 Å². The van der Waals surface area contributed by atoms with Crippen molar-refractivity contribution in [3.8, 4) is 17.1 Å². The van der Waals surface area contributed by atoms with Crippen LogP contribution < -0.4 is 10.1 Å². The van der Waals surface area contributed by atoms with E-state index in [1.54, 1.807) is 6.20 Å². The van der Waals surface area contributed by atoms with Gasteiger partial charge in [0.25, 0.3) is 0 Å². The molecule has 2 heterocycles. The van der Waals surface area contributed by atoms with Crippen LogP contribution in [0.1, 0.15) is 30.4 Å². The van der Waals surface area contributed by atoms with Crippen molar-refractivity contribution in [2.45, 2.75) is 32.9 Å². The van der Waals surface area contributed by atoms with E-state index >= 15 is 0 Å². The predicted octanol–water partition coefficient (Wildman–Crippen LogP) is 3.63. The van der Waals surface area contributed by atoms with Crippen molar-refractivity contribution in [3.05, 3.63) is 84.0 Å². The third-order valence-electron chi connectivity index (χ3n) is 4.94. The van der Waals surface area contributed by atoms with E-state index < -0.39 is 0 Å². The number of ether oxygens (including phenoxy) is 1. The molecule has 4 aromatic rings. The molecule has 1 amide bonds. The molecular formula is C24H25N5O3. The molecule has 164 valence electrons. The van der Waals surface area contributed by atoms with E-state index in [4.69, 9.17) is 9.26 Å². The highest BCUT2D eigenvalue weighted by Gasteiger charge is 2.12. The highest BCUT2D eigenvalue weighted by Crippen LogP contribution is 2.20. The summed E-state index contributed by atoms with van der Waals surface area (Å²) in [5, 5.41) is 11.2. The van der Waals surface area contributed by atoms with Gasteiger partial charge in [0.15, 0.2) is 0 Å². The first-order valence-electron chi connectivity index (χ1n) is 10.6. The highest BCUT2D eigenvalue weighted by atomic mass is 16.5. The third kappa shape index (κ3) is 5.60. The Balaban J connectivity index is 1.28. The zero-order valence-corrected chi connectivity index (χ0v) is 17.9. The van der Waals surface area contributed by atoms with Gasteiger partial charge in [0.05, 0.1) is 13.2 Å². The van der Waals surface area contributed by atoms with E-state index in [0.717, 1.165) is 22.4 Å². The fraction of sp³-hybridized carbons (Fsp3) is 0.250. The van der Waals surface area contributed by atoms with Crippen molar-refractivity contribution in [3.63, 3.8) is 0 Å². The summed E-state index contributed by atoms with van der Waals surface area (Å²) in [5.41, 5.74) is 3.02. The van der Waals surface area contributed by atoms with Crippen LogP contribution in [-0.2, 0) is 24.3 Å². The lowest BCUT2D eigenvalue weighted by Crippen LogP contribution is -2.24. The Morgan fingerprint density at radius 1 is 1.09 bits per heavy atom. The Morgan fingerprint density at radius 2 is 1.91 bits per heavy atom. The number of aromatic nitrogens is 4. The number of nitrogens with one attached hydrogen (secondary N) is 1. The first-order valence-corrected chi connectivity index (χ1v) is 10.6. The van der Waals surface area contributed by atoms with Crippen molar-refractivity contribution in [1.82, 2.24) is 25.2 Å². The molecule has 0 aliphatic rings. The van der Waals surface area contributed by atoms with Crippen LogP contribution in [0.2, 0.25) is 0 Å². The van der Waals surface area contributed by atoms with Gasteiger partial charge in [-0.15, -0.1) is 0 Å². The monoisotopic (exact) mass is 431 g/mol. The lowest BCUT2D eigenvalue weighted by atomic mass is 10.1. The van der Waals surface area contributed by atoms with E-state index in [-0.39, 0.29) is 12.3 Å². The van der Waals surface area contributed by atoms with Gasteiger partial charge in [0.1, 0.15) is 5.75 Å². The lowest BCUT2D eigenvalue weighted by molar-refractivity contribution is -0.121. The van der Waals surface area contributed by atoms with Crippen LogP contribution in [0.15, 0.2) is 71.5 Å². The maximum absolute atomic E-state index is 12.4. The molecule has 4 rings (SSSR count). The first-order chi connectivity index (χ1) is 15.7. The summed E-state index contributed by atoms with van der Waals surface area (Å²) in [7, 11) is 0. The number of hydrogen-bond acceptors (Lipinski definition) is 6. The van der Waals surface area contributed by atoms with Crippen LogP contribution in [0, 0.1) is 0 Å². The van der Waals surface area contributed by atoms with Gasteiger partial charge < -0.3 is 14.6 Å². The van der Waals surface area contributed by atoms with Gasteiger partial charge in [-0.05, 0) is 48.4 Å². The molecule has 0 aliphatic heterocycles. The van der Waals surface area contributed by atoms with Crippen molar-refractivity contribution >= 4 is 5.91 Å². The smallest absolute Gasteiger partial charge is 0.227 e. The minimum Gasteiger partial charge on any atom is -0.494 e. The van der Waals surface area contributed by atoms with Gasteiger partial charge in [-0.25, -0.2) is 0 Å². The number of benzene rings is 2. The Kier molecular flexibility index (Phi) is 6.91. The average molecular weight is 431 g/mol. The summed E-state index contributed by atoms with van der Waals surface area (Å²) in [5.74, 6) is 1.65. The summed E-state index contributed by atoms with van der Waals surface area (Å²) in [6.07, 6.45) is 4.32. The van der Waals surface area contributed by atoms with E-state index in [1.807, 2.05) is 72.4 Å². The van der Waals surface area contributed by atoms with E-state index in [0.29, 0.717) is 37.8 Å². The Hall–Kier alpha value is -3.94. The summed E-state index contributed by atoms with van der Waals surface area (Å²) in [4.78, 5) is 16.8. The van der Waals surface area contributed by atoms with Crippen molar-refractivity contribution in [2.24, 2.45) is 0 Å². The zero-order valence-electron chi connectivity index (χ0n) is 17.9. The molecule has 0 radical (unpaired) electrons. The van der Waals surface area contributed by atoms with Crippen LogP contribution in [0.4, 0.5) is 0 Å². The van der Waals surface area contributed by atoms with Gasteiger partial charge in [-0.3, -0.25) is 9.48 Å². The second kappa shape index (κ2) is 10.4. The van der Waals surface area contributed by atoms with Crippen molar-refractivity contribution in [2.75, 3.05) is 6.61 Å². The van der Waals surface area contributed by atoms with Crippen LogP contribution >= 0.6 is 0 Å². The molecule has 8 heteroatoms. The number of aryl methyl sites for hydroxylation is 1. The van der Waals surface area contributed by atoms with Gasteiger partial charge in [0, 0.05) is 37.3 Å². The first kappa shape index (κ1) is 21.3. The van der Waals surface area contributed by atoms with Crippen LogP contribution in [-0.4, -0.2) is 32.4 Å². The highest BCUT2D eigenvalue weighted by molar-refractivity contribution is 5.76. The Labute approximate surface area is 186 Å². The second-order valence-electron chi connectivity index (χ2n) is 7.22. The third-order valence-corrected chi connectivity index (χ3v) is 4.94. The second-order valence-corrected chi connectivity index (χ2v) is 7.22. The molecule has 0 aliphatic carbocycles. The summed E-state index contributed by atoms with van der Waals surface area (Å²) in [6.45, 7) is 3.67. The SMILES string of the molecule is CCOc1ccc(-c2noc(CCC(=O)NCc3ccccc3Cn3cccn3)n2)cc1. The molecule has 2 aromatic heterocycles. The average Bonchev–Trinajstić information content (AvgIpc) is 3.50. The Bertz CT molecular complexity index is 1140. The number of rotatable bonds is 10. The van der Waals surface area contributed by atoms with Gasteiger partial charge in [-0.1, -0.05) is 29.4 Å². The molecule has 8 nitrogen and oxygen atoms in total. The topological polar surface area (TPSA) is 95.1 Å². The summed E-state index contributed by atoms with van der Waals surface area (Å²) in [6, 6.07) is 17.4. The molecule has 32 heavy (non-hydrogen) atoms. The Morgan fingerprint density at radius 3 is 2.66 bits per heavy atom. The van der Waals surface area contributed by atoms with E-state index in [2.05, 4.69) is 20.6 Å². The standard InChI is InChI=1S/C24H25N5O3/c1-2-31-21-10-8-18(9-11-21)24-27-23(32-28-24)13-12-22(30)25-16-19-6-3-4-7-20(19)17-29-15-5-14-26-29/h3-11,14-15H,2,12-13,16-17H2,1H3,(H,25,30). The fourth-order valence-electron chi connectivity index (χ4n) is 3.30. The molecule has 0 unspecified atom stereocenters. The van der Waals surface area contributed by atoms with Gasteiger partial charge in [-0.2, -0.15) is 10.1 Å². The molecular weight excluding hydrogens is 406 g/mol. The van der Waals surface area contributed by atoms with Gasteiger partial charge in [0.2, 0.25) is 17.6 Å². The number of nitrogens with zero attached hydrogens (tertiary/aromatic N) is 4. The maximum Gasteiger partial charge on any atom is 0.227 e. The minimum absolute atomic E-state index is 0.0697. The molecule has 1 N–H and O–H groups in total. The van der Waals surface area contributed by atoms with Crippen LogP contribution in [0.3, 0.4) is 0 Å². The molecule has 0 atom stereocenters. The maximum atomic E-state index is 12.4. The predicted molar refractivity (Wildman–Crippen MR) is 119 cm³/mol. The molecule has 2 aromatic carbocycles. The van der Waals surface area contributed by atoms with Crippen LogP contribution in [0.25, 0.3) is 11.4 Å². The van der Waals surface area contributed by atoms with Gasteiger partial charge >= 0.3 is 0 Å². The van der Waals surface area contributed by atoms with Crippen molar-refractivity contribution < 1.29 is 14.1 Å². The number of carbonyl (C=O) groups is 1. The quantitative estimate of drug-likeness (QED) is 0.412. The largest absolute Gasteiger partial charge is 0.494 e. The summed E-state index contributed by atoms with van der Waals surface area (Å²) < 4.78 is 12.6. The fourth-order valence-corrected chi connectivity index (χ4v) is 3.30. The molecule has 0 saturated heterocycles. The molecule has 0 fully saturated rings. The number of carbonyl (C=O) groups excluding carboxylic acids is 1. The molecule has 0 saturated carbocycles. The summed E-state index contributed by atoms with van der Waals surface area (Å²) >= 11 is 0. The number of hydrogen-bond donors (Lipinski definition) is 1. The lowest BCUT2D eigenvalue weighted by Gasteiger charge is -2.10. The van der Waals surface area contributed by atoms with E-state index in [1.165, 1.54) is 0 Å². The molecule has 0 bridgehead atoms. The minimum atomic E-state index is -0.0697. The van der Waals surface area contributed by atoms with Crippen molar-refractivity contribution in [1.29, 1.82) is 0 Å². The zero-order chi connectivity index (χ0) is 22.2. The van der Waals surface area contributed by atoms with E-state index in [9.17, 15) is 4.79 Å². The molecule has 0 spiro atoms. The normalized spacial score (nSPS) is 10.8. The number of amides is 1.